The fourth-order valence-corrected chi connectivity index (χ4v) is 9.72. The van der Waals surface area contributed by atoms with Crippen molar-refractivity contribution in [1.29, 1.82) is 0 Å². The van der Waals surface area contributed by atoms with Gasteiger partial charge in [0.2, 0.25) is 0 Å². The van der Waals surface area contributed by atoms with E-state index >= 15 is 0 Å². The molecule has 57 heavy (non-hydrogen) atoms. The van der Waals surface area contributed by atoms with Gasteiger partial charge in [-0.25, -0.2) is 15.0 Å². The van der Waals surface area contributed by atoms with Crippen molar-refractivity contribution < 1.29 is 4.42 Å². The van der Waals surface area contributed by atoms with E-state index in [0.29, 0.717) is 17.5 Å². The predicted octanol–water partition coefficient (Wildman–Crippen LogP) is 13.9. The molecule has 12 rings (SSSR count). The van der Waals surface area contributed by atoms with Crippen LogP contribution in [0, 0.1) is 0 Å². The van der Waals surface area contributed by atoms with E-state index in [1.807, 2.05) is 72.0 Å². The molecule has 4 aromatic heterocycles. The van der Waals surface area contributed by atoms with E-state index in [4.69, 9.17) is 19.4 Å². The van der Waals surface area contributed by atoms with E-state index in [1.54, 1.807) is 0 Å². The van der Waals surface area contributed by atoms with Crippen molar-refractivity contribution in [3.8, 4) is 51.0 Å². The van der Waals surface area contributed by atoms with Gasteiger partial charge < -0.3 is 8.98 Å². The van der Waals surface area contributed by atoms with E-state index in [2.05, 4.69) is 126 Å². The van der Waals surface area contributed by atoms with Crippen molar-refractivity contribution in [1.82, 2.24) is 19.5 Å². The Balaban J connectivity index is 1.16. The first-order valence-corrected chi connectivity index (χ1v) is 19.8. The summed E-state index contributed by atoms with van der Waals surface area (Å²) in [6, 6.07) is 63.6. The van der Waals surface area contributed by atoms with Crippen LogP contribution in [0.3, 0.4) is 0 Å². The second kappa shape index (κ2) is 12.6. The van der Waals surface area contributed by atoms with Crippen LogP contribution < -0.4 is 0 Å². The van der Waals surface area contributed by atoms with Crippen molar-refractivity contribution in [2.75, 3.05) is 0 Å². The summed E-state index contributed by atoms with van der Waals surface area (Å²) >= 11 is 1.82. The van der Waals surface area contributed by atoms with Crippen LogP contribution in [0.4, 0.5) is 0 Å². The first-order valence-electron chi connectivity index (χ1n) is 19.0. The normalized spacial score (nSPS) is 11.9. The van der Waals surface area contributed by atoms with Crippen molar-refractivity contribution in [3.05, 3.63) is 182 Å². The summed E-state index contributed by atoms with van der Waals surface area (Å²) in [5.41, 5.74) is 9.84. The molecule has 5 nitrogen and oxygen atoms in total. The topological polar surface area (TPSA) is 56.7 Å². The molecule has 0 radical (unpaired) electrons. The molecule has 0 spiro atoms. The Bertz CT molecular complexity index is 3420. The van der Waals surface area contributed by atoms with Gasteiger partial charge in [-0.05, 0) is 42.5 Å². The molecule has 6 heteroatoms. The Labute approximate surface area is 330 Å². The van der Waals surface area contributed by atoms with Gasteiger partial charge in [-0.3, -0.25) is 0 Å². The second-order valence-electron chi connectivity index (χ2n) is 14.3. The van der Waals surface area contributed by atoms with Crippen LogP contribution in [-0.2, 0) is 0 Å². The number of thiophene rings is 1. The lowest BCUT2D eigenvalue weighted by molar-refractivity contribution is 0.670. The van der Waals surface area contributed by atoms with Gasteiger partial charge in [0.25, 0.3) is 0 Å². The van der Waals surface area contributed by atoms with Crippen molar-refractivity contribution in [2.24, 2.45) is 0 Å². The lowest BCUT2D eigenvalue weighted by Gasteiger charge is -2.11. The fourth-order valence-electron chi connectivity index (χ4n) is 8.49. The van der Waals surface area contributed by atoms with E-state index in [0.717, 1.165) is 66.5 Å². The zero-order valence-corrected chi connectivity index (χ0v) is 31.2. The molecule has 0 fully saturated rings. The highest BCUT2D eigenvalue weighted by atomic mass is 32.1. The van der Waals surface area contributed by atoms with Gasteiger partial charge in [0, 0.05) is 81.3 Å². The molecule has 0 saturated carbocycles. The molecule has 0 N–H and O–H groups in total. The summed E-state index contributed by atoms with van der Waals surface area (Å²) in [7, 11) is 0. The fraction of sp³-hybridized carbons (Fsp3) is 0. The first-order chi connectivity index (χ1) is 28.3. The first kappa shape index (κ1) is 31.9. The number of fused-ring (bicyclic) bond motifs is 9. The summed E-state index contributed by atoms with van der Waals surface area (Å²) in [5.74, 6) is 1.83. The van der Waals surface area contributed by atoms with Gasteiger partial charge in [0.05, 0.1) is 11.0 Å². The summed E-state index contributed by atoms with van der Waals surface area (Å²) in [4.78, 5) is 15.3. The number of benzene rings is 8. The van der Waals surface area contributed by atoms with Crippen LogP contribution in [0.1, 0.15) is 0 Å². The highest BCUT2D eigenvalue weighted by Gasteiger charge is 2.23. The number of hydrogen-bond donors (Lipinski definition) is 0. The minimum atomic E-state index is 0.591. The highest BCUT2D eigenvalue weighted by molar-refractivity contribution is 7.26. The maximum atomic E-state index is 7.14. The van der Waals surface area contributed by atoms with Gasteiger partial charge in [-0.1, -0.05) is 133 Å². The molecule has 0 aliphatic carbocycles. The summed E-state index contributed by atoms with van der Waals surface area (Å²) in [6.45, 7) is 0. The monoisotopic (exact) mass is 746 g/mol. The zero-order chi connectivity index (χ0) is 37.5. The largest absolute Gasteiger partial charge is 0.455 e. The third kappa shape index (κ3) is 4.98. The molecule has 12 aromatic rings. The number of furan rings is 1. The molecule has 0 saturated heterocycles. The minimum Gasteiger partial charge on any atom is -0.455 e. The Morgan fingerprint density at radius 3 is 1.70 bits per heavy atom. The maximum absolute atomic E-state index is 7.14. The number of rotatable bonds is 5. The van der Waals surface area contributed by atoms with Crippen LogP contribution in [0.5, 0.6) is 0 Å². The van der Waals surface area contributed by atoms with Gasteiger partial charge >= 0.3 is 0 Å². The van der Waals surface area contributed by atoms with Crippen molar-refractivity contribution in [3.63, 3.8) is 0 Å². The molecule has 8 aromatic carbocycles. The molecule has 0 unspecified atom stereocenters. The Kier molecular flexibility index (Phi) is 7.03. The molecule has 0 atom stereocenters. The lowest BCUT2D eigenvalue weighted by atomic mass is 9.97. The number of para-hydroxylation sites is 2. The zero-order valence-electron chi connectivity index (χ0n) is 30.4. The number of nitrogens with zero attached hydrogens (tertiary/aromatic N) is 4. The number of hydrogen-bond acceptors (Lipinski definition) is 5. The van der Waals surface area contributed by atoms with Crippen LogP contribution >= 0.6 is 11.3 Å². The van der Waals surface area contributed by atoms with Crippen molar-refractivity contribution in [2.45, 2.75) is 0 Å². The lowest BCUT2D eigenvalue weighted by Crippen LogP contribution is -2.00. The smallest absolute Gasteiger partial charge is 0.164 e. The second-order valence-corrected chi connectivity index (χ2v) is 15.4. The molecule has 266 valence electrons. The highest BCUT2D eigenvalue weighted by Crippen LogP contribution is 2.46. The Morgan fingerprint density at radius 1 is 0.421 bits per heavy atom. The van der Waals surface area contributed by atoms with Crippen LogP contribution in [0.25, 0.3) is 115 Å². The van der Waals surface area contributed by atoms with Crippen LogP contribution in [0.2, 0.25) is 0 Å². The van der Waals surface area contributed by atoms with Gasteiger partial charge in [-0.15, -0.1) is 11.3 Å². The number of aromatic nitrogens is 4. The SMILES string of the molecule is c1ccc(-c2nc(-c3ccccc3)nc(-c3ccc(-c4cccc5c4sc4ccccc45)c4oc5cc(-n6c7ccccc7c7ccccc76)ccc5c34)n2)cc1. The molecule has 0 amide bonds. The van der Waals surface area contributed by atoms with E-state index in [9.17, 15) is 0 Å². The predicted molar refractivity (Wildman–Crippen MR) is 236 cm³/mol. The van der Waals surface area contributed by atoms with E-state index in [-0.39, 0.29) is 0 Å². The maximum Gasteiger partial charge on any atom is 0.164 e. The Hall–Kier alpha value is -7.41. The van der Waals surface area contributed by atoms with Gasteiger partial charge in [0.15, 0.2) is 17.5 Å². The average molecular weight is 747 g/mol. The Morgan fingerprint density at radius 2 is 1.00 bits per heavy atom. The quantitative estimate of drug-likeness (QED) is 0.176. The average Bonchev–Trinajstić information content (AvgIpc) is 3.96. The molecule has 0 aliphatic rings. The van der Waals surface area contributed by atoms with Crippen LogP contribution in [-0.4, -0.2) is 19.5 Å². The third-order valence-electron chi connectivity index (χ3n) is 11.1. The minimum absolute atomic E-state index is 0.591. The third-order valence-corrected chi connectivity index (χ3v) is 12.3. The molecule has 0 aliphatic heterocycles. The van der Waals surface area contributed by atoms with Gasteiger partial charge in [-0.2, -0.15) is 0 Å². The molecule has 0 bridgehead atoms. The van der Waals surface area contributed by atoms with Crippen molar-refractivity contribution >= 4 is 75.3 Å². The van der Waals surface area contributed by atoms with Gasteiger partial charge in [0.1, 0.15) is 11.2 Å². The molecule has 4 heterocycles. The summed E-state index contributed by atoms with van der Waals surface area (Å²) in [5, 5.41) is 6.91. The van der Waals surface area contributed by atoms with E-state index in [1.165, 1.54) is 30.9 Å². The summed E-state index contributed by atoms with van der Waals surface area (Å²) < 4.78 is 12.0. The standard InChI is InChI=1S/C51H30N4OS/c1-3-14-31(15-4-1)49-52-50(32-16-5-2-6-17-32)54-51(53-49)41-29-28-37(39-22-13-21-38-36-20-9-12-25-45(36)57-48(38)39)47-46(41)40-27-26-33(30-44(40)56-47)55-42-23-10-7-18-34(42)35-19-8-11-24-43(35)55/h1-30H. The van der Waals surface area contributed by atoms with E-state index < -0.39 is 0 Å². The summed E-state index contributed by atoms with van der Waals surface area (Å²) in [6.07, 6.45) is 0. The molecular weight excluding hydrogens is 717 g/mol. The van der Waals surface area contributed by atoms with Crippen LogP contribution in [0.15, 0.2) is 186 Å². The molecular formula is C51H30N4OS.